The van der Waals surface area contributed by atoms with Crippen LogP contribution in [0.15, 0.2) is 35.5 Å². The molecule has 0 bridgehead atoms. The van der Waals surface area contributed by atoms with Gasteiger partial charge in [0.15, 0.2) is 5.96 Å². The van der Waals surface area contributed by atoms with Gasteiger partial charge in [-0.3, -0.25) is 4.79 Å². The molecular weight excluding hydrogens is 521 g/mol. The van der Waals surface area contributed by atoms with Crippen molar-refractivity contribution in [1.29, 1.82) is 0 Å². The van der Waals surface area contributed by atoms with E-state index in [1.54, 1.807) is 6.20 Å². The summed E-state index contributed by atoms with van der Waals surface area (Å²) in [5, 5.41) is 15.5. The van der Waals surface area contributed by atoms with Crippen LogP contribution in [0, 0.1) is 0 Å². The Morgan fingerprint density at radius 1 is 1.43 bits per heavy atom. The number of hydrogen-bond donors (Lipinski definition) is 2. The van der Waals surface area contributed by atoms with E-state index in [0.717, 1.165) is 42.7 Å². The van der Waals surface area contributed by atoms with Gasteiger partial charge in [0.05, 0.1) is 19.9 Å². The summed E-state index contributed by atoms with van der Waals surface area (Å²) in [5.41, 5.74) is 1.81. The number of esters is 1. The largest absolute Gasteiger partial charge is 0.468 e. The van der Waals surface area contributed by atoms with E-state index in [1.165, 1.54) is 11.8 Å². The van der Waals surface area contributed by atoms with Crippen LogP contribution in [0.2, 0.25) is 5.02 Å². The van der Waals surface area contributed by atoms with E-state index in [4.69, 9.17) is 11.6 Å². The maximum Gasteiger partial charge on any atom is 0.327 e. The number of aromatic nitrogens is 3. The molecule has 0 amide bonds. The number of ether oxygens (including phenoxy) is 1. The number of hydrogen-bond acceptors (Lipinski definition) is 6. The van der Waals surface area contributed by atoms with E-state index in [2.05, 4.69) is 41.6 Å². The van der Waals surface area contributed by atoms with Crippen LogP contribution in [0.1, 0.15) is 19.0 Å². The molecule has 1 saturated heterocycles. The third kappa shape index (κ3) is 7.01. The number of nitrogens with zero attached hydrogens (tertiary/aromatic N) is 5. The first-order valence-corrected chi connectivity index (χ1v) is 9.96. The average Bonchev–Trinajstić information content (AvgIpc) is 3.36. The lowest BCUT2D eigenvalue weighted by molar-refractivity contribution is -0.141. The maximum absolute atomic E-state index is 11.3. The number of carbonyl (C=O) groups excluding carboxylic acids is 1. The normalized spacial score (nSPS) is 16.2. The molecular formula is C19H27ClIN7O2. The fraction of sp³-hybridized carbons (Fsp3) is 0.474. The van der Waals surface area contributed by atoms with Gasteiger partial charge in [0, 0.05) is 36.4 Å². The number of anilines is 1. The number of rotatable bonds is 7. The lowest BCUT2D eigenvalue weighted by atomic mass is 10.2. The second-order valence-corrected chi connectivity index (χ2v) is 7.17. The van der Waals surface area contributed by atoms with Gasteiger partial charge >= 0.3 is 5.97 Å². The summed E-state index contributed by atoms with van der Waals surface area (Å²) < 4.78 is 6.07. The molecule has 1 aliphatic rings. The molecule has 0 spiro atoms. The number of aliphatic imine (C=N–C) groups is 1. The molecule has 0 radical (unpaired) electrons. The van der Waals surface area contributed by atoms with Crippen molar-refractivity contribution in [2.75, 3.05) is 31.6 Å². The summed E-state index contributed by atoms with van der Waals surface area (Å²) in [7, 11) is 1.34. The monoisotopic (exact) mass is 547 g/mol. The van der Waals surface area contributed by atoms with Crippen LogP contribution in [0.5, 0.6) is 0 Å². The minimum absolute atomic E-state index is 0. The summed E-state index contributed by atoms with van der Waals surface area (Å²) in [4.78, 5) is 18.2. The zero-order chi connectivity index (χ0) is 20.6. The first kappa shape index (κ1) is 24.2. The lowest BCUT2D eigenvalue weighted by Crippen LogP contribution is -2.44. The molecule has 0 saturated carbocycles. The van der Waals surface area contributed by atoms with Crippen LogP contribution < -0.4 is 15.5 Å². The Kier molecular flexibility index (Phi) is 9.63. The fourth-order valence-corrected chi connectivity index (χ4v) is 3.33. The van der Waals surface area contributed by atoms with E-state index < -0.39 is 0 Å². The van der Waals surface area contributed by atoms with Crippen LogP contribution in [-0.2, 0) is 22.6 Å². The lowest BCUT2D eigenvalue weighted by Gasteiger charge is -2.20. The Morgan fingerprint density at radius 2 is 2.27 bits per heavy atom. The van der Waals surface area contributed by atoms with Crippen molar-refractivity contribution in [3.05, 3.63) is 41.2 Å². The number of carbonyl (C=O) groups is 1. The zero-order valence-corrected chi connectivity index (χ0v) is 20.1. The van der Waals surface area contributed by atoms with Crippen molar-refractivity contribution in [2.45, 2.75) is 32.5 Å². The Balaban J connectivity index is 0.00000320. The molecule has 2 N–H and O–H groups in total. The number of guanidine groups is 1. The first-order valence-electron chi connectivity index (χ1n) is 9.58. The van der Waals surface area contributed by atoms with Crippen LogP contribution in [0.4, 0.5) is 5.69 Å². The molecule has 11 heteroatoms. The van der Waals surface area contributed by atoms with E-state index in [9.17, 15) is 4.79 Å². The topological polar surface area (TPSA) is 96.7 Å². The Hall–Kier alpha value is -2.08. The van der Waals surface area contributed by atoms with Gasteiger partial charge in [0.25, 0.3) is 0 Å². The van der Waals surface area contributed by atoms with Gasteiger partial charge in [-0.25, -0.2) is 9.67 Å². The standard InChI is InChI=1S/C19H26ClN7O2.HI/c1-3-21-19(22-10-16-12-27(25-24-16)13-18(28)29-2)23-15-7-8-26(11-15)17-6-4-5-14(20)9-17;/h4-6,9,12,15H,3,7-8,10-11,13H2,1-2H3,(H2,21,22,23);1H. The highest BCUT2D eigenvalue weighted by molar-refractivity contribution is 14.0. The molecule has 1 aliphatic heterocycles. The Bertz CT molecular complexity index is 861. The Morgan fingerprint density at radius 3 is 3.00 bits per heavy atom. The van der Waals surface area contributed by atoms with Crippen molar-refractivity contribution in [3.63, 3.8) is 0 Å². The molecule has 0 aliphatic carbocycles. The van der Waals surface area contributed by atoms with E-state index in [-0.39, 0.29) is 42.5 Å². The minimum Gasteiger partial charge on any atom is -0.468 e. The van der Waals surface area contributed by atoms with E-state index in [0.29, 0.717) is 12.2 Å². The van der Waals surface area contributed by atoms with Gasteiger partial charge in [0.2, 0.25) is 0 Å². The summed E-state index contributed by atoms with van der Waals surface area (Å²) >= 11 is 6.11. The molecule has 1 fully saturated rings. The SMILES string of the molecule is CCNC(=NCc1cn(CC(=O)OC)nn1)NC1CCN(c2cccc(Cl)c2)C1.I. The highest BCUT2D eigenvalue weighted by Crippen LogP contribution is 2.23. The van der Waals surface area contributed by atoms with Crippen molar-refractivity contribution in [2.24, 2.45) is 4.99 Å². The van der Waals surface area contributed by atoms with Crippen LogP contribution >= 0.6 is 35.6 Å². The second-order valence-electron chi connectivity index (χ2n) is 6.73. The third-order valence-corrected chi connectivity index (χ3v) is 4.79. The van der Waals surface area contributed by atoms with Crippen LogP contribution in [0.25, 0.3) is 0 Å². The summed E-state index contributed by atoms with van der Waals surface area (Å²) in [6.07, 6.45) is 2.70. The molecule has 2 heterocycles. The molecule has 1 aromatic carbocycles. The van der Waals surface area contributed by atoms with Gasteiger partial charge in [-0.1, -0.05) is 22.9 Å². The maximum atomic E-state index is 11.3. The fourth-order valence-electron chi connectivity index (χ4n) is 3.14. The molecule has 1 aromatic heterocycles. The predicted octanol–water partition coefficient (Wildman–Crippen LogP) is 2.06. The van der Waals surface area contributed by atoms with E-state index >= 15 is 0 Å². The van der Waals surface area contributed by atoms with Crippen molar-refractivity contribution in [1.82, 2.24) is 25.6 Å². The number of methoxy groups -OCH3 is 1. The van der Waals surface area contributed by atoms with Gasteiger partial charge in [-0.2, -0.15) is 0 Å². The van der Waals surface area contributed by atoms with Crippen molar-refractivity contribution >= 4 is 53.2 Å². The summed E-state index contributed by atoms with van der Waals surface area (Å²) in [5.74, 6) is 0.360. The first-order chi connectivity index (χ1) is 14.1. The molecule has 30 heavy (non-hydrogen) atoms. The molecule has 9 nitrogen and oxygen atoms in total. The molecule has 1 unspecified atom stereocenters. The summed E-state index contributed by atoms with van der Waals surface area (Å²) in [6.45, 7) is 5.01. The van der Waals surface area contributed by atoms with Crippen LogP contribution in [-0.4, -0.2) is 59.7 Å². The van der Waals surface area contributed by atoms with Gasteiger partial charge < -0.3 is 20.3 Å². The second kappa shape index (κ2) is 11.9. The number of nitrogens with one attached hydrogen (secondary N) is 2. The van der Waals surface area contributed by atoms with Gasteiger partial charge in [0.1, 0.15) is 12.2 Å². The van der Waals surface area contributed by atoms with Gasteiger partial charge in [-0.15, -0.1) is 29.1 Å². The van der Waals surface area contributed by atoms with Crippen LogP contribution in [0.3, 0.4) is 0 Å². The third-order valence-electron chi connectivity index (χ3n) is 4.55. The quantitative estimate of drug-likeness (QED) is 0.237. The van der Waals surface area contributed by atoms with Gasteiger partial charge in [-0.05, 0) is 31.5 Å². The zero-order valence-electron chi connectivity index (χ0n) is 17.0. The highest BCUT2D eigenvalue weighted by atomic mass is 127. The van der Waals surface area contributed by atoms with E-state index in [1.807, 2.05) is 25.1 Å². The summed E-state index contributed by atoms with van der Waals surface area (Å²) in [6, 6.07) is 8.19. The predicted molar refractivity (Wildman–Crippen MR) is 127 cm³/mol. The molecule has 1 atom stereocenters. The van der Waals surface area contributed by atoms with Crippen molar-refractivity contribution < 1.29 is 9.53 Å². The number of halogens is 2. The number of benzene rings is 1. The molecule has 164 valence electrons. The molecule has 2 aromatic rings. The van der Waals surface area contributed by atoms with Crippen molar-refractivity contribution in [3.8, 4) is 0 Å². The smallest absolute Gasteiger partial charge is 0.327 e. The average molecular weight is 548 g/mol. The highest BCUT2D eigenvalue weighted by Gasteiger charge is 2.23. The molecule has 3 rings (SSSR count). The minimum atomic E-state index is -0.370. The Labute approximate surface area is 198 Å².